The summed E-state index contributed by atoms with van der Waals surface area (Å²) in [6.45, 7) is 3.95. The molecule has 2 aliphatic heterocycles. The van der Waals surface area contributed by atoms with Crippen LogP contribution in [0.5, 0.6) is 0 Å². The fraction of sp³-hybridized carbons (Fsp3) is 0.409. The third-order valence-corrected chi connectivity index (χ3v) is 5.70. The molecule has 0 radical (unpaired) electrons. The molecule has 0 N–H and O–H groups in total. The van der Waals surface area contributed by atoms with Crippen LogP contribution in [0.2, 0.25) is 0 Å². The minimum absolute atomic E-state index is 0.171. The number of rotatable bonds is 3. The first-order chi connectivity index (χ1) is 12.6. The topological polar surface area (TPSA) is 26.8 Å². The lowest BCUT2D eigenvalue weighted by Crippen LogP contribution is -2.52. The molecule has 2 aromatic rings. The summed E-state index contributed by atoms with van der Waals surface area (Å²) in [6, 6.07) is 17.1. The van der Waals surface area contributed by atoms with E-state index in [-0.39, 0.29) is 5.91 Å². The van der Waals surface area contributed by atoms with Gasteiger partial charge in [-0.2, -0.15) is 0 Å². The highest BCUT2D eigenvalue weighted by molar-refractivity contribution is 5.94. The van der Waals surface area contributed by atoms with E-state index in [1.165, 1.54) is 30.6 Å². The van der Waals surface area contributed by atoms with E-state index in [4.69, 9.17) is 0 Å². The van der Waals surface area contributed by atoms with Crippen LogP contribution in [0.15, 0.2) is 48.5 Å². The van der Waals surface area contributed by atoms with Crippen LogP contribution in [0.4, 0.5) is 5.69 Å². The van der Waals surface area contributed by atoms with E-state index in [2.05, 4.69) is 46.2 Å². The fourth-order valence-corrected chi connectivity index (χ4v) is 4.13. The molecule has 2 aromatic carbocycles. The van der Waals surface area contributed by atoms with Gasteiger partial charge in [0.1, 0.15) is 0 Å². The fourth-order valence-electron chi connectivity index (χ4n) is 4.13. The predicted molar refractivity (Wildman–Crippen MR) is 107 cm³/mol. The van der Waals surface area contributed by atoms with Crippen molar-refractivity contribution < 1.29 is 4.79 Å². The van der Waals surface area contributed by atoms with Gasteiger partial charge in [0.2, 0.25) is 0 Å². The molecule has 1 atom stereocenters. The zero-order valence-electron chi connectivity index (χ0n) is 15.7. The van der Waals surface area contributed by atoms with Crippen molar-refractivity contribution in [3.63, 3.8) is 0 Å². The molecule has 2 aliphatic rings. The monoisotopic (exact) mass is 349 g/mol. The van der Waals surface area contributed by atoms with Crippen LogP contribution in [-0.2, 0) is 0 Å². The van der Waals surface area contributed by atoms with Crippen LogP contribution < -0.4 is 4.90 Å². The number of benzene rings is 2. The van der Waals surface area contributed by atoms with Gasteiger partial charge in [0.15, 0.2) is 0 Å². The summed E-state index contributed by atoms with van der Waals surface area (Å²) in [4.78, 5) is 19.5. The first-order valence-electron chi connectivity index (χ1n) is 9.53. The first-order valence-corrected chi connectivity index (χ1v) is 9.53. The van der Waals surface area contributed by atoms with Crippen molar-refractivity contribution in [2.24, 2.45) is 0 Å². The van der Waals surface area contributed by atoms with Gasteiger partial charge in [-0.25, -0.2) is 0 Å². The van der Waals surface area contributed by atoms with Crippen LogP contribution in [-0.4, -0.2) is 62.0 Å². The second-order valence-corrected chi connectivity index (χ2v) is 7.61. The Morgan fingerprint density at radius 2 is 1.81 bits per heavy atom. The van der Waals surface area contributed by atoms with Crippen LogP contribution in [0.25, 0.3) is 11.1 Å². The van der Waals surface area contributed by atoms with E-state index >= 15 is 0 Å². The molecule has 0 aromatic heterocycles. The third-order valence-electron chi connectivity index (χ3n) is 5.70. The van der Waals surface area contributed by atoms with Gasteiger partial charge in [-0.15, -0.1) is 0 Å². The minimum atomic E-state index is 0.171. The smallest absolute Gasteiger partial charge is 0.253 e. The summed E-state index contributed by atoms with van der Waals surface area (Å²) in [5, 5.41) is 0. The largest absolute Gasteiger partial charge is 0.378 e. The van der Waals surface area contributed by atoms with Crippen LogP contribution in [0, 0.1) is 0 Å². The molecule has 0 unspecified atom stereocenters. The van der Waals surface area contributed by atoms with Crippen molar-refractivity contribution in [2.45, 2.75) is 18.9 Å². The first kappa shape index (κ1) is 17.1. The highest BCUT2D eigenvalue weighted by atomic mass is 16.2. The van der Waals surface area contributed by atoms with E-state index in [9.17, 15) is 4.79 Å². The lowest BCUT2D eigenvalue weighted by Gasteiger charge is -2.37. The second-order valence-electron chi connectivity index (χ2n) is 7.61. The Morgan fingerprint density at radius 1 is 1.00 bits per heavy atom. The normalized spacial score (nSPS) is 20.1. The Labute approximate surface area is 156 Å². The summed E-state index contributed by atoms with van der Waals surface area (Å²) < 4.78 is 0. The number of nitrogens with zero attached hydrogens (tertiary/aromatic N) is 3. The number of piperazine rings is 1. The maximum atomic E-state index is 12.9. The summed E-state index contributed by atoms with van der Waals surface area (Å²) in [7, 11) is 4.09. The van der Waals surface area contributed by atoms with Gasteiger partial charge >= 0.3 is 0 Å². The lowest BCUT2D eigenvalue weighted by molar-refractivity contribution is 0.0571. The van der Waals surface area contributed by atoms with E-state index in [0.29, 0.717) is 6.04 Å². The zero-order valence-corrected chi connectivity index (χ0v) is 15.7. The second kappa shape index (κ2) is 7.12. The molecule has 4 heteroatoms. The van der Waals surface area contributed by atoms with Crippen molar-refractivity contribution in [2.75, 3.05) is 45.2 Å². The Hall–Kier alpha value is -2.33. The van der Waals surface area contributed by atoms with Gasteiger partial charge in [-0.1, -0.05) is 24.3 Å². The van der Waals surface area contributed by atoms with Crippen molar-refractivity contribution >= 4 is 11.6 Å². The van der Waals surface area contributed by atoms with Crippen molar-refractivity contribution in [3.8, 4) is 11.1 Å². The molecule has 2 saturated heterocycles. The Morgan fingerprint density at radius 3 is 2.58 bits per heavy atom. The average molecular weight is 349 g/mol. The number of amides is 1. The molecule has 4 rings (SSSR count). The summed E-state index contributed by atoms with van der Waals surface area (Å²) in [6.07, 6.45) is 2.50. The number of carbonyl (C=O) groups is 1. The molecule has 4 nitrogen and oxygen atoms in total. The number of hydrogen-bond donors (Lipinski definition) is 0. The Balaban J connectivity index is 1.49. The maximum absolute atomic E-state index is 12.9. The molecule has 1 amide bonds. The molecule has 0 saturated carbocycles. The average Bonchev–Trinajstić information content (AvgIpc) is 3.15. The standard InChI is InChI=1S/C22H27N3O/c1-23(2)20-6-3-5-19(15-20)17-8-10-18(11-9-17)22(26)25-14-13-24-12-4-7-21(24)16-25/h3,5-6,8-11,15,21H,4,7,12-14,16H2,1-2H3/t21-/m1/s1. The van der Waals surface area contributed by atoms with Gasteiger partial charge in [-0.3, -0.25) is 9.69 Å². The SMILES string of the molecule is CN(C)c1cccc(-c2ccc(C(=O)N3CCN4CCC[C@@H]4C3)cc2)c1. The van der Waals surface area contributed by atoms with E-state index < -0.39 is 0 Å². The zero-order chi connectivity index (χ0) is 18.1. The molecule has 2 heterocycles. The molecule has 0 spiro atoms. The van der Waals surface area contributed by atoms with Crippen LogP contribution in [0.1, 0.15) is 23.2 Å². The number of hydrogen-bond acceptors (Lipinski definition) is 3. The number of carbonyl (C=O) groups excluding carboxylic acids is 1. The van der Waals surface area contributed by atoms with Crippen LogP contribution >= 0.6 is 0 Å². The molecule has 0 bridgehead atoms. The van der Waals surface area contributed by atoms with Crippen molar-refractivity contribution in [1.82, 2.24) is 9.80 Å². The maximum Gasteiger partial charge on any atom is 0.253 e. The molecule has 0 aliphatic carbocycles. The van der Waals surface area contributed by atoms with E-state index in [1.54, 1.807) is 0 Å². The van der Waals surface area contributed by atoms with Gasteiger partial charge < -0.3 is 9.80 Å². The van der Waals surface area contributed by atoms with Gasteiger partial charge in [0.25, 0.3) is 5.91 Å². The molecular weight excluding hydrogens is 322 g/mol. The molecule has 136 valence electrons. The van der Waals surface area contributed by atoms with Gasteiger partial charge in [0, 0.05) is 51.0 Å². The van der Waals surface area contributed by atoms with E-state index in [0.717, 1.165) is 30.8 Å². The predicted octanol–water partition coefficient (Wildman–Crippen LogP) is 3.34. The summed E-state index contributed by atoms with van der Waals surface area (Å²) in [5.41, 5.74) is 4.29. The van der Waals surface area contributed by atoms with Crippen molar-refractivity contribution in [3.05, 3.63) is 54.1 Å². The summed E-state index contributed by atoms with van der Waals surface area (Å²) >= 11 is 0. The quantitative estimate of drug-likeness (QED) is 0.850. The van der Waals surface area contributed by atoms with Gasteiger partial charge in [-0.05, 0) is 54.8 Å². The molecular formula is C22H27N3O. The Bertz CT molecular complexity index is 784. The summed E-state index contributed by atoms with van der Waals surface area (Å²) in [5.74, 6) is 0.171. The highest BCUT2D eigenvalue weighted by Crippen LogP contribution is 2.26. The Kier molecular flexibility index (Phi) is 4.68. The molecule has 26 heavy (non-hydrogen) atoms. The van der Waals surface area contributed by atoms with Crippen molar-refractivity contribution in [1.29, 1.82) is 0 Å². The number of fused-ring (bicyclic) bond motifs is 1. The lowest BCUT2D eigenvalue weighted by atomic mass is 10.0. The molecule has 2 fully saturated rings. The van der Waals surface area contributed by atoms with Gasteiger partial charge in [0.05, 0.1) is 0 Å². The van der Waals surface area contributed by atoms with E-state index in [1.807, 2.05) is 31.1 Å². The highest BCUT2D eigenvalue weighted by Gasteiger charge is 2.32. The minimum Gasteiger partial charge on any atom is -0.378 e. The number of anilines is 1. The third kappa shape index (κ3) is 3.34. The van der Waals surface area contributed by atoms with Crippen LogP contribution in [0.3, 0.4) is 0 Å².